The van der Waals surface area contributed by atoms with E-state index in [-0.39, 0.29) is 5.97 Å². The van der Waals surface area contributed by atoms with Gasteiger partial charge in [-0.25, -0.2) is 14.6 Å². The Morgan fingerprint density at radius 1 is 1.28 bits per heavy atom. The number of nitrogens with one attached hydrogen (secondary N) is 1. The average molecular weight is 406 g/mol. The standard InChI is InChI=1S/C22H35N3O4/c1-16-8-10-19(11-9-16)25-14-18(24-15-25)13-17(20(26)28-5)7-6-12-23-21(27)29-22(2,3)4/h13-16,19H,6-12H2,1-5H3,(H,23,27)/b17-13+. The fourth-order valence-corrected chi connectivity index (χ4v) is 3.49. The van der Waals surface area contributed by atoms with Gasteiger partial charge in [0.15, 0.2) is 0 Å². The molecule has 0 radical (unpaired) electrons. The number of carbonyl (C=O) groups is 2. The van der Waals surface area contributed by atoms with E-state index in [1.165, 1.54) is 32.8 Å². The average Bonchev–Trinajstić information content (AvgIpc) is 3.11. The molecule has 1 heterocycles. The maximum Gasteiger partial charge on any atom is 0.407 e. The molecule has 1 fully saturated rings. The Morgan fingerprint density at radius 3 is 2.59 bits per heavy atom. The number of nitrogens with zero attached hydrogens (tertiary/aromatic N) is 2. The third-order valence-corrected chi connectivity index (χ3v) is 5.09. The predicted octanol–water partition coefficient (Wildman–Crippen LogP) is 4.50. The van der Waals surface area contributed by atoms with Crippen molar-refractivity contribution in [2.24, 2.45) is 5.92 Å². The van der Waals surface area contributed by atoms with Gasteiger partial charge in [-0.1, -0.05) is 6.92 Å². The molecule has 1 N–H and O–H groups in total. The van der Waals surface area contributed by atoms with Crippen molar-refractivity contribution in [3.8, 4) is 0 Å². The summed E-state index contributed by atoms with van der Waals surface area (Å²) < 4.78 is 12.3. The quantitative estimate of drug-likeness (QED) is 0.410. The van der Waals surface area contributed by atoms with Crippen LogP contribution in [0.25, 0.3) is 6.08 Å². The molecule has 0 aromatic carbocycles. The van der Waals surface area contributed by atoms with Crippen LogP contribution in [0.4, 0.5) is 4.79 Å². The van der Waals surface area contributed by atoms with Crippen LogP contribution in [0.1, 0.15) is 78.0 Å². The number of carbonyl (C=O) groups excluding carboxylic acids is 2. The van der Waals surface area contributed by atoms with Gasteiger partial charge in [0.2, 0.25) is 0 Å². The normalized spacial score (nSPS) is 20.2. The highest BCUT2D eigenvalue weighted by atomic mass is 16.6. The maximum absolute atomic E-state index is 12.1. The topological polar surface area (TPSA) is 82.5 Å². The number of imidazole rings is 1. The van der Waals surface area contributed by atoms with Crippen molar-refractivity contribution in [2.75, 3.05) is 13.7 Å². The lowest BCUT2D eigenvalue weighted by atomic mass is 9.87. The second-order valence-electron chi connectivity index (χ2n) is 8.85. The summed E-state index contributed by atoms with van der Waals surface area (Å²) >= 11 is 0. The summed E-state index contributed by atoms with van der Waals surface area (Å²) in [5.41, 5.74) is 0.765. The first-order valence-electron chi connectivity index (χ1n) is 10.5. The first-order valence-corrected chi connectivity index (χ1v) is 10.5. The minimum Gasteiger partial charge on any atom is -0.466 e. The van der Waals surface area contributed by atoms with Gasteiger partial charge >= 0.3 is 12.1 Å². The van der Waals surface area contributed by atoms with E-state index in [0.29, 0.717) is 31.0 Å². The first kappa shape index (κ1) is 23.0. The minimum atomic E-state index is -0.531. The van der Waals surface area contributed by atoms with E-state index in [9.17, 15) is 9.59 Å². The van der Waals surface area contributed by atoms with Crippen LogP contribution in [-0.2, 0) is 14.3 Å². The largest absolute Gasteiger partial charge is 0.466 e. The molecule has 162 valence electrons. The highest BCUT2D eigenvalue weighted by Gasteiger charge is 2.20. The second-order valence-corrected chi connectivity index (χ2v) is 8.85. The van der Waals surface area contributed by atoms with Gasteiger partial charge in [-0.05, 0) is 71.3 Å². The molecule has 1 saturated carbocycles. The molecule has 0 bridgehead atoms. The highest BCUT2D eigenvalue weighted by molar-refractivity contribution is 5.93. The van der Waals surface area contributed by atoms with E-state index in [4.69, 9.17) is 9.47 Å². The molecule has 0 atom stereocenters. The molecule has 7 heteroatoms. The number of aromatic nitrogens is 2. The molecule has 7 nitrogen and oxygen atoms in total. The summed E-state index contributed by atoms with van der Waals surface area (Å²) in [4.78, 5) is 28.3. The second kappa shape index (κ2) is 10.5. The number of methoxy groups -OCH3 is 1. The fourth-order valence-electron chi connectivity index (χ4n) is 3.49. The van der Waals surface area contributed by atoms with Gasteiger partial charge in [-0.15, -0.1) is 0 Å². The maximum atomic E-state index is 12.1. The Hall–Kier alpha value is -2.31. The van der Waals surface area contributed by atoms with Gasteiger partial charge in [-0.2, -0.15) is 0 Å². The third kappa shape index (κ3) is 7.91. The van der Waals surface area contributed by atoms with Gasteiger partial charge in [-0.3, -0.25) is 0 Å². The van der Waals surface area contributed by atoms with E-state index < -0.39 is 11.7 Å². The first-order chi connectivity index (χ1) is 13.7. The predicted molar refractivity (Wildman–Crippen MR) is 112 cm³/mol. The van der Waals surface area contributed by atoms with E-state index in [1.54, 1.807) is 6.08 Å². The number of ether oxygens (including phenoxy) is 2. The zero-order valence-electron chi connectivity index (χ0n) is 18.4. The Morgan fingerprint density at radius 2 is 1.97 bits per heavy atom. The van der Waals surface area contributed by atoms with Crippen LogP contribution in [0, 0.1) is 5.92 Å². The number of alkyl carbamates (subject to hydrolysis) is 1. The summed E-state index contributed by atoms with van der Waals surface area (Å²) in [6.45, 7) is 8.17. The summed E-state index contributed by atoms with van der Waals surface area (Å²) in [5, 5.41) is 2.71. The highest BCUT2D eigenvalue weighted by Crippen LogP contribution is 2.31. The molecular weight excluding hydrogens is 370 g/mol. The third-order valence-electron chi connectivity index (χ3n) is 5.09. The van der Waals surface area contributed by atoms with E-state index in [0.717, 1.165) is 11.6 Å². The van der Waals surface area contributed by atoms with Gasteiger partial charge < -0.3 is 19.4 Å². The molecule has 2 rings (SSSR count). The van der Waals surface area contributed by atoms with Crippen molar-refractivity contribution in [3.05, 3.63) is 23.8 Å². The number of hydrogen-bond donors (Lipinski definition) is 1. The fraction of sp³-hybridized carbons (Fsp3) is 0.682. The molecule has 1 aliphatic carbocycles. The van der Waals surface area contributed by atoms with E-state index >= 15 is 0 Å². The zero-order chi connectivity index (χ0) is 21.4. The van der Waals surface area contributed by atoms with Crippen molar-refractivity contribution < 1.29 is 19.1 Å². The van der Waals surface area contributed by atoms with Crippen LogP contribution >= 0.6 is 0 Å². The summed E-state index contributed by atoms with van der Waals surface area (Å²) in [7, 11) is 1.37. The number of rotatable bonds is 7. The minimum absolute atomic E-state index is 0.372. The van der Waals surface area contributed by atoms with Crippen molar-refractivity contribution in [1.29, 1.82) is 0 Å². The molecule has 1 aromatic rings. The van der Waals surface area contributed by atoms with Gasteiger partial charge in [0.05, 0.1) is 19.1 Å². The number of hydrogen-bond acceptors (Lipinski definition) is 5. The van der Waals surface area contributed by atoms with Crippen molar-refractivity contribution in [1.82, 2.24) is 14.9 Å². The molecule has 29 heavy (non-hydrogen) atoms. The van der Waals surface area contributed by atoms with Crippen LogP contribution in [0.2, 0.25) is 0 Å². The Balaban J connectivity index is 1.92. The zero-order valence-corrected chi connectivity index (χ0v) is 18.4. The van der Waals surface area contributed by atoms with Crippen LogP contribution in [0.3, 0.4) is 0 Å². The van der Waals surface area contributed by atoms with Crippen molar-refractivity contribution >= 4 is 18.1 Å². The van der Waals surface area contributed by atoms with Crippen molar-refractivity contribution in [2.45, 2.75) is 77.9 Å². The monoisotopic (exact) mass is 405 g/mol. The molecule has 0 aliphatic heterocycles. The van der Waals surface area contributed by atoms with Crippen LogP contribution < -0.4 is 5.32 Å². The Kier molecular flexibility index (Phi) is 8.29. The molecule has 0 saturated heterocycles. The van der Waals surface area contributed by atoms with Crippen LogP contribution in [0.15, 0.2) is 18.1 Å². The molecule has 1 amide bonds. The van der Waals surface area contributed by atoms with E-state index in [2.05, 4.69) is 21.8 Å². The molecular formula is C22H35N3O4. The molecule has 0 unspecified atom stereocenters. The lowest BCUT2D eigenvalue weighted by molar-refractivity contribution is -0.136. The summed E-state index contributed by atoms with van der Waals surface area (Å²) in [6.07, 6.45) is 11.1. The summed E-state index contributed by atoms with van der Waals surface area (Å²) in [6, 6.07) is 0.487. The van der Waals surface area contributed by atoms with Crippen LogP contribution in [-0.4, -0.2) is 40.9 Å². The summed E-state index contributed by atoms with van der Waals surface area (Å²) in [5.74, 6) is 0.428. The van der Waals surface area contributed by atoms with Crippen molar-refractivity contribution in [3.63, 3.8) is 0 Å². The SMILES string of the molecule is COC(=O)/C(=C/c1cn(C2CCC(C)CC2)cn1)CCCNC(=O)OC(C)(C)C. The number of amides is 1. The Bertz CT molecular complexity index is 710. The lowest BCUT2D eigenvalue weighted by Crippen LogP contribution is -2.33. The van der Waals surface area contributed by atoms with Crippen LogP contribution in [0.5, 0.6) is 0 Å². The Labute approximate surface area is 173 Å². The van der Waals surface area contributed by atoms with Gasteiger partial charge in [0.25, 0.3) is 0 Å². The van der Waals surface area contributed by atoms with Gasteiger partial charge in [0.1, 0.15) is 5.60 Å². The molecule has 1 aromatic heterocycles. The smallest absolute Gasteiger partial charge is 0.407 e. The van der Waals surface area contributed by atoms with Gasteiger partial charge in [0, 0.05) is 24.4 Å². The lowest BCUT2D eigenvalue weighted by Gasteiger charge is -2.26. The number of esters is 1. The molecule has 1 aliphatic rings. The molecule has 0 spiro atoms. The van der Waals surface area contributed by atoms with E-state index in [1.807, 2.05) is 33.3 Å².